The van der Waals surface area contributed by atoms with E-state index in [-0.39, 0.29) is 23.6 Å². The van der Waals surface area contributed by atoms with E-state index in [1.165, 1.54) is 44.0 Å². The van der Waals surface area contributed by atoms with Gasteiger partial charge in [-0.05, 0) is 13.0 Å². The van der Waals surface area contributed by atoms with Crippen molar-refractivity contribution in [3.8, 4) is 29.0 Å². The van der Waals surface area contributed by atoms with Crippen molar-refractivity contribution in [1.82, 2.24) is 19.5 Å². The summed E-state index contributed by atoms with van der Waals surface area (Å²) in [4.78, 5) is 23.4. The molecule has 29 heavy (non-hydrogen) atoms. The summed E-state index contributed by atoms with van der Waals surface area (Å²) in [6.07, 6.45) is 5.74. The van der Waals surface area contributed by atoms with Gasteiger partial charge in [-0.15, -0.1) is 0 Å². The van der Waals surface area contributed by atoms with Gasteiger partial charge in [0.2, 0.25) is 0 Å². The van der Waals surface area contributed by atoms with E-state index in [0.29, 0.717) is 23.5 Å². The Balaban J connectivity index is 1.79. The molecule has 1 atom stereocenters. The van der Waals surface area contributed by atoms with Crippen molar-refractivity contribution < 1.29 is 19.0 Å². The summed E-state index contributed by atoms with van der Waals surface area (Å²) >= 11 is 0. The molecule has 3 heterocycles. The van der Waals surface area contributed by atoms with Gasteiger partial charge in [0.05, 0.1) is 17.7 Å². The van der Waals surface area contributed by atoms with Crippen LogP contribution in [0.25, 0.3) is 11.4 Å². The van der Waals surface area contributed by atoms with Gasteiger partial charge in [0, 0.05) is 30.2 Å². The molecule has 1 aliphatic rings. The number of benzene rings is 1. The second-order valence-corrected chi connectivity index (χ2v) is 6.63. The van der Waals surface area contributed by atoms with Gasteiger partial charge in [0.1, 0.15) is 36.0 Å². The molecule has 9 heteroatoms. The molecule has 4 rings (SSSR count). The first-order valence-electron chi connectivity index (χ1n) is 8.70. The minimum absolute atomic E-state index is 0.0431. The zero-order chi connectivity index (χ0) is 20.6. The Morgan fingerprint density at radius 1 is 1.38 bits per heavy atom. The van der Waals surface area contributed by atoms with Crippen molar-refractivity contribution in [2.24, 2.45) is 5.73 Å². The lowest BCUT2D eigenvalue weighted by molar-refractivity contribution is 0.0995. The van der Waals surface area contributed by atoms with Gasteiger partial charge in [-0.1, -0.05) is 11.8 Å². The second-order valence-electron chi connectivity index (χ2n) is 6.63. The topological polar surface area (TPSA) is 116 Å². The third kappa shape index (κ3) is 3.53. The smallest absolute Gasteiger partial charge is 0.268 e. The Hall–Kier alpha value is -3.77. The lowest BCUT2D eigenvalue weighted by atomic mass is 9.99. The third-order valence-electron chi connectivity index (χ3n) is 4.49. The average Bonchev–Trinajstić information content (AvgIpc) is 3.05. The fourth-order valence-corrected chi connectivity index (χ4v) is 2.93. The Morgan fingerprint density at radius 3 is 2.86 bits per heavy atom. The molecule has 0 bridgehead atoms. The number of fused-ring (bicyclic) bond motifs is 3. The highest BCUT2D eigenvalue weighted by Gasteiger charge is 2.23. The number of hydrogen-bond donors (Lipinski definition) is 2. The SMILES string of the molecule is C[C@](O)(C#Cc1cc2c(cc1F)OCCn1cc(C(N)=O)nc1-2)c1cncnc1. The molecule has 1 aromatic carbocycles. The number of carbonyl (C=O) groups excluding carboxylic acids is 1. The quantitative estimate of drug-likeness (QED) is 0.633. The average molecular weight is 393 g/mol. The van der Waals surface area contributed by atoms with Crippen molar-refractivity contribution >= 4 is 5.91 Å². The van der Waals surface area contributed by atoms with Gasteiger partial charge >= 0.3 is 0 Å². The maximum atomic E-state index is 14.6. The number of primary amides is 1. The number of hydrogen-bond acceptors (Lipinski definition) is 6. The lowest BCUT2D eigenvalue weighted by Crippen LogP contribution is -2.19. The zero-order valence-electron chi connectivity index (χ0n) is 15.4. The van der Waals surface area contributed by atoms with Gasteiger partial charge in [-0.3, -0.25) is 4.79 Å². The largest absolute Gasteiger partial charge is 0.491 e. The molecule has 2 aromatic heterocycles. The van der Waals surface area contributed by atoms with Crippen LogP contribution < -0.4 is 10.5 Å². The van der Waals surface area contributed by atoms with Crippen LogP contribution in [-0.4, -0.2) is 37.1 Å². The minimum atomic E-state index is -1.57. The third-order valence-corrected chi connectivity index (χ3v) is 4.49. The van der Waals surface area contributed by atoms with Crippen LogP contribution in [0.4, 0.5) is 4.39 Å². The van der Waals surface area contributed by atoms with E-state index in [0.717, 1.165) is 0 Å². The van der Waals surface area contributed by atoms with Crippen LogP contribution in [-0.2, 0) is 12.1 Å². The molecular weight excluding hydrogens is 377 g/mol. The van der Waals surface area contributed by atoms with E-state index in [4.69, 9.17) is 10.5 Å². The highest BCUT2D eigenvalue weighted by atomic mass is 19.1. The van der Waals surface area contributed by atoms with Gasteiger partial charge in [0.25, 0.3) is 5.91 Å². The predicted molar refractivity (Wildman–Crippen MR) is 100 cm³/mol. The monoisotopic (exact) mass is 393 g/mol. The van der Waals surface area contributed by atoms with E-state index >= 15 is 0 Å². The van der Waals surface area contributed by atoms with Gasteiger partial charge in [-0.2, -0.15) is 0 Å². The molecule has 0 radical (unpaired) electrons. The molecule has 0 aliphatic carbocycles. The van der Waals surface area contributed by atoms with Crippen LogP contribution >= 0.6 is 0 Å². The molecule has 0 saturated carbocycles. The van der Waals surface area contributed by atoms with E-state index in [9.17, 15) is 14.3 Å². The zero-order valence-corrected chi connectivity index (χ0v) is 15.4. The fraction of sp³-hybridized carbons (Fsp3) is 0.200. The Morgan fingerprint density at radius 2 is 2.14 bits per heavy atom. The number of carbonyl (C=O) groups is 1. The molecule has 3 aromatic rings. The highest BCUT2D eigenvalue weighted by Crippen LogP contribution is 2.34. The van der Waals surface area contributed by atoms with Crippen LogP contribution in [0, 0.1) is 17.7 Å². The fourth-order valence-electron chi connectivity index (χ4n) is 2.93. The molecule has 3 N–H and O–H groups in total. The molecule has 0 spiro atoms. The van der Waals surface area contributed by atoms with Crippen molar-refractivity contribution in [3.05, 3.63) is 59.7 Å². The summed E-state index contributed by atoms with van der Waals surface area (Å²) in [5.41, 5.74) is 4.76. The Bertz CT molecular complexity index is 1160. The highest BCUT2D eigenvalue weighted by molar-refractivity contribution is 5.91. The van der Waals surface area contributed by atoms with Gasteiger partial charge < -0.3 is 20.1 Å². The van der Waals surface area contributed by atoms with Crippen molar-refractivity contribution in [2.75, 3.05) is 6.61 Å². The van der Waals surface area contributed by atoms with E-state index < -0.39 is 17.3 Å². The maximum Gasteiger partial charge on any atom is 0.268 e. The number of imidazole rings is 1. The number of aromatic nitrogens is 4. The summed E-state index contributed by atoms with van der Waals surface area (Å²) in [5.74, 6) is 4.77. The molecule has 1 aliphatic heterocycles. The summed E-state index contributed by atoms with van der Waals surface area (Å²) in [5, 5.41) is 10.6. The van der Waals surface area contributed by atoms with E-state index in [1.54, 1.807) is 4.57 Å². The Kier molecular flexibility index (Phi) is 4.48. The number of nitrogens with zero attached hydrogens (tertiary/aromatic N) is 4. The van der Waals surface area contributed by atoms with Crippen molar-refractivity contribution in [3.63, 3.8) is 0 Å². The molecule has 0 fully saturated rings. The number of rotatable bonds is 2. The maximum absolute atomic E-state index is 14.6. The number of ether oxygens (including phenoxy) is 1. The van der Waals surface area contributed by atoms with Crippen molar-refractivity contribution in [1.29, 1.82) is 0 Å². The summed E-state index contributed by atoms with van der Waals surface area (Å²) < 4.78 is 21.9. The van der Waals surface area contributed by atoms with Crippen molar-refractivity contribution in [2.45, 2.75) is 19.1 Å². The molecular formula is C20H16FN5O3. The van der Waals surface area contributed by atoms with Crippen LogP contribution in [0.15, 0.2) is 37.1 Å². The molecule has 1 amide bonds. The number of nitrogens with two attached hydrogens (primary N) is 1. The first-order chi connectivity index (χ1) is 13.8. The first kappa shape index (κ1) is 18.6. The minimum Gasteiger partial charge on any atom is -0.491 e. The first-order valence-corrected chi connectivity index (χ1v) is 8.70. The molecule has 8 nitrogen and oxygen atoms in total. The molecule has 146 valence electrons. The van der Waals surface area contributed by atoms with Crippen LogP contribution in [0.1, 0.15) is 28.5 Å². The van der Waals surface area contributed by atoms with Gasteiger partial charge in [-0.25, -0.2) is 19.3 Å². The van der Waals surface area contributed by atoms with E-state index in [1.807, 2.05) is 0 Å². The second kappa shape index (κ2) is 7.00. The molecule has 0 unspecified atom stereocenters. The van der Waals surface area contributed by atoms with Gasteiger partial charge in [0.15, 0.2) is 5.60 Å². The summed E-state index contributed by atoms with van der Waals surface area (Å²) in [6.45, 7) is 2.17. The number of amides is 1. The molecule has 0 saturated heterocycles. The van der Waals surface area contributed by atoms with E-state index in [2.05, 4.69) is 26.8 Å². The summed E-state index contributed by atoms with van der Waals surface area (Å²) in [6, 6.07) is 2.69. The summed E-state index contributed by atoms with van der Waals surface area (Å²) in [7, 11) is 0. The van der Waals surface area contributed by atoms with Crippen LogP contribution in [0.2, 0.25) is 0 Å². The van der Waals surface area contributed by atoms with Crippen LogP contribution in [0.3, 0.4) is 0 Å². The number of aliphatic hydroxyl groups is 1. The van der Waals surface area contributed by atoms with Crippen LogP contribution in [0.5, 0.6) is 5.75 Å². The number of halogens is 1. The Labute approximate surface area is 165 Å². The standard InChI is InChI=1S/C20H16FN5O3/c1-20(28,13-8-23-11-24-9-13)3-2-12-6-14-17(7-15(12)21)29-5-4-26-10-16(18(22)27)25-19(14)26/h6-11,28H,4-5H2,1H3,(H2,22,27)/t20-/m0/s1. The predicted octanol–water partition coefficient (Wildman–Crippen LogP) is 1.23. The lowest BCUT2D eigenvalue weighted by Gasteiger charge is -2.15. The normalized spacial score (nSPS) is 14.3.